The van der Waals surface area contributed by atoms with Crippen LogP contribution in [0.25, 0.3) is 0 Å². The molecule has 1 radical (unpaired) electrons. The summed E-state index contributed by atoms with van der Waals surface area (Å²) in [5.41, 5.74) is 1.39. The molecule has 0 saturated carbocycles. The molecule has 1 aromatic rings. The van der Waals surface area contributed by atoms with Crippen LogP contribution >= 0.6 is 0 Å². The summed E-state index contributed by atoms with van der Waals surface area (Å²) in [5, 5.41) is 0. The van der Waals surface area contributed by atoms with E-state index in [-0.39, 0.29) is 0 Å². The molecule has 0 aliphatic carbocycles. The van der Waals surface area contributed by atoms with E-state index in [0.29, 0.717) is 12.5 Å². The lowest BCUT2D eigenvalue weighted by Crippen LogP contribution is -2.47. The molecule has 1 aliphatic rings. The highest BCUT2D eigenvalue weighted by Crippen LogP contribution is 2.21. The zero-order chi connectivity index (χ0) is 13.5. The zero-order valence-corrected chi connectivity index (χ0v) is 11.7. The lowest BCUT2D eigenvalue weighted by molar-refractivity contribution is 0.102. The molecule has 0 spiro atoms. The summed E-state index contributed by atoms with van der Waals surface area (Å²) in [6, 6.07) is 11.2. The lowest BCUT2D eigenvalue weighted by Gasteiger charge is -2.38. The quantitative estimate of drug-likeness (QED) is 0.732. The van der Waals surface area contributed by atoms with E-state index in [4.69, 9.17) is 0 Å². The van der Waals surface area contributed by atoms with Crippen molar-refractivity contribution in [1.82, 2.24) is 9.80 Å². The average Bonchev–Trinajstić information content (AvgIpc) is 2.48. The van der Waals surface area contributed by atoms with Crippen LogP contribution in [-0.2, 0) is 4.79 Å². The minimum Gasteiger partial charge on any atom is -0.301 e. The molecule has 103 valence electrons. The average molecular weight is 259 g/mol. The summed E-state index contributed by atoms with van der Waals surface area (Å²) in [5.74, 6) is 0. The van der Waals surface area contributed by atoms with Gasteiger partial charge in [-0.3, -0.25) is 9.69 Å². The van der Waals surface area contributed by atoms with Crippen LogP contribution in [0.15, 0.2) is 30.3 Å². The van der Waals surface area contributed by atoms with Crippen molar-refractivity contribution in [2.45, 2.75) is 25.8 Å². The van der Waals surface area contributed by atoms with E-state index < -0.39 is 0 Å². The van der Waals surface area contributed by atoms with E-state index in [1.165, 1.54) is 5.56 Å². The number of benzene rings is 1. The first kappa shape index (κ1) is 14.2. The number of carbonyl (C=O) groups excluding carboxylic acids is 1. The predicted octanol–water partition coefficient (Wildman–Crippen LogP) is 2.26. The maximum absolute atomic E-state index is 10.2. The SMILES string of the molecule is CC(c1ccccc1)N1CCN(CCC[C]=O)CC1. The highest BCUT2D eigenvalue weighted by Gasteiger charge is 2.21. The Kier molecular flexibility index (Phi) is 5.55. The zero-order valence-electron chi connectivity index (χ0n) is 11.7. The maximum Gasteiger partial charge on any atom is 0.198 e. The summed E-state index contributed by atoms with van der Waals surface area (Å²) in [6.45, 7) is 7.75. The van der Waals surface area contributed by atoms with Crippen molar-refractivity contribution in [1.29, 1.82) is 0 Å². The van der Waals surface area contributed by atoms with Gasteiger partial charge in [-0.15, -0.1) is 0 Å². The second-order valence-electron chi connectivity index (χ2n) is 5.21. The van der Waals surface area contributed by atoms with Crippen LogP contribution in [0.3, 0.4) is 0 Å². The van der Waals surface area contributed by atoms with Crippen LogP contribution < -0.4 is 0 Å². The molecule has 3 heteroatoms. The Labute approximate surface area is 116 Å². The highest BCUT2D eigenvalue weighted by molar-refractivity contribution is 5.50. The van der Waals surface area contributed by atoms with E-state index >= 15 is 0 Å². The molecule has 0 amide bonds. The van der Waals surface area contributed by atoms with Crippen molar-refractivity contribution < 1.29 is 4.79 Å². The first-order valence-electron chi connectivity index (χ1n) is 7.17. The molecule has 1 fully saturated rings. The molecule has 2 rings (SSSR count). The third kappa shape index (κ3) is 4.15. The van der Waals surface area contributed by atoms with E-state index in [2.05, 4.69) is 47.1 Å². The van der Waals surface area contributed by atoms with E-state index in [9.17, 15) is 4.79 Å². The minimum absolute atomic E-state index is 0.492. The molecular formula is C16H23N2O. The van der Waals surface area contributed by atoms with Crippen molar-refractivity contribution in [3.8, 4) is 0 Å². The fourth-order valence-corrected chi connectivity index (χ4v) is 2.69. The largest absolute Gasteiger partial charge is 0.301 e. The monoisotopic (exact) mass is 259 g/mol. The van der Waals surface area contributed by atoms with Crippen molar-refractivity contribution in [2.24, 2.45) is 0 Å². The van der Waals surface area contributed by atoms with E-state index in [1.807, 2.05) is 6.29 Å². The fraction of sp³-hybridized carbons (Fsp3) is 0.562. The summed E-state index contributed by atoms with van der Waals surface area (Å²) in [7, 11) is 0. The third-order valence-corrected chi connectivity index (χ3v) is 3.99. The molecule has 0 bridgehead atoms. The Balaban J connectivity index is 1.78. The second kappa shape index (κ2) is 7.41. The molecule has 1 atom stereocenters. The van der Waals surface area contributed by atoms with Gasteiger partial charge in [-0.2, -0.15) is 0 Å². The first-order valence-corrected chi connectivity index (χ1v) is 7.17. The highest BCUT2D eigenvalue weighted by atomic mass is 16.1. The van der Waals surface area contributed by atoms with Crippen LogP contribution in [0.2, 0.25) is 0 Å². The van der Waals surface area contributed by atoms with Gasteiger partial charge in [0.2, 0.25) is 0 Å². The van der Waals surface area contributed by atoms with Crippen LogP contribution in [0.1, 0.15) is 31.4 Å². The van der Waals surface area contributed by atoms with Gasteiger partial charge in [-0.1, -0.05) is 30.3 Å². The maximum atomic E-state index is 10.2. The van der Waals surface area contributed by atoms with Gasteiger partial charge in [0, 0.05) is 38.6 Å². The normalized spacial score (nSPS) is 19.2. The topological polar surface area (TPSA) is 23.6 Å². The minimum atomic E-state index is 0.492. The molecule has 19 heavy (non-hydrogen) atoms. The molecule has 1 heterocycles. The molecule has 0 N–H and O–H groups in total. The van der Waals surface area contributed by atoms with Gasteiger partial charge in [0.05, 0.1) is 0 Å². The molecule has 1 saturated heterocycles. The van der Waals surface area contributed by atoms with Gasteiger partial charge >= 0.3 is 0 Å². The molecular weight excluding hydrogens is 236 g/mol. The van der Waals surface area contributed by atoms with Crippen LogP contribution in [0, 0.1) is 0 Å². The number of hydrogen-bond donors (Lipinski definition) is 0. The van der Waals surface area contributed by atoms with Gasteiger partial charge in [0.25, 0.3) is 0 Å². The molecule has 1 unspecified atom stereocenters. The van der Waals surface area contributed by atoms with Crippen molar-refractivity contribution in [2.75, 3.05) is 32.7 Å². The number of nitrogens with zero attached hydrogens (tertiary/aromatic N) is 2. The number of piperazine rings is 1. The van der Waals surface area contributed by atoms with E-state index in [1.54, 1.807) is 0 Å². The Morgan fingerprint density at radius 1 is 1.16 bits per heavy atom. The summed E-state index contributed by atoms with van der Waals surface area (Å²) >= 11 is 0. The third-order valence-electron chi connectivity index (χ3n) is 3.99. The fourth-order valence-electron chi connectivity index (χ4n) is 2.69. The molecule has 3 nitrogen and oxygen atoms in total. The first-order chi connectivity index (χ1) is 9.31. The van der Waals surface area contributed by atoms with Crippen LogP contribution in [-0.4, -0.2) is 48.8 Å². The van der Waals surface area contributed by atoms with Crippen LogP contribution in [0.5, 0.6) is 0 Å². The second-order valence-corrected chi connectivity index (χ2v) is 5.21. The van der Waals surface area contributed by atoms with Gasteiger partial charge in [0.15, 0.2) is 6.29 Å². The van der Waals surface area contributed by atoms with Gasteiger partial charge < -0.3 is 4.90 Å². The number of unbranched alkanes of at least 4 members (excludes halogenated alkanes) is 1. The van der Waals surface area contributed by atoms with Gasteiger partial charge in [0.1, 0.15) is 0 Å². The van der Waals surface area contributed by atoms with E-state index in [0.717, 1.165) is 39.1 Å². The van der Waals surface area contributed by atoms with Crippen molar-refractivity contribution in [3.63, 3.8) is 0 Å². The smallest absolute Gasteiger partial charge is 0.198 e. The van der Waals surface area contributed by atoms with Gasteiger partial charge in [-0.05, 0) is 25.5 Å². The lowest BCUT2D eigenvalue weighted by atomic mass is 10.1. The molecule has 1 aliphatic heterocycles. The van der Waals surface area contributed by atoms with Crippen molar-refractivity contribution >= 4 is 6.29 Å². The summed E-state index contributed by atoms with van der Waals surface area (Å²) < 4.78 is 0. The van der Waals surface area contributed by atoms with Crippen molar-refractivity contribution in [3.05, 3.63) is 35.9 Å². The number of hydrogen-bond acceptors (Lipinski definition) is 3. The Hall–Kier alpha value is -1.19. The molecule has 1 aromatic carbocycles. The Morgan fingerprint density at radius 2 is 1.84 bits per heavy atom. The Morgan fingerprint density at radius 3 is 2.47 bits per heavy atom. The van der Waals surface area contributed by atoms with Crippen LogP contribution in [0.4, 0.5) is 0 Å². The van der Waals surface area contributed by atoms with Gasteiger partial charge in [-0.25, -0.2) is 0 Å². The standard InChI is InChI=1S/C16H23N2O/c1-15(16-7-3-2-4-8-16)18-12-10-17(11-13-18)9-5-6-14-19/h2-4,7-8,15H,5-6,9-13H2,1H3. The molecule has 0 aromatic heterocycles. The summed E-state index contributed by atoms with van der Waals surface area (Å²) in [6.07, 6.45) is 3.48. The number of rotatable bonds is 6. The Bertz CT molecular complexity index is 372. The predicted molar refractivity (Wildman–Crippen MR) is 77.8 cm³/mol. The summed E-state index contributed by atoms with van der Waals surface area (Å²) in [4.78, 5) is 15.2.